The molecule has 2 N–H and O–H groups in total. The number of thiocarbonyl (C=S) groups is 1. The van der Waals surface area contributed by atoms with E-state index in [4.69, 9.17) is 39.0 Å². The van der Waals surface area contributed by atoms with Gasteiger partial charge in [0.05, 0.1) is 23.2 Å². The molecule has 0 amide bonds. The topological polar surface area (TPSA) is 44.5 Å². The van der Waals surface area contributed by atoms with Gasteiger partial charge in [-0.1, -0.05) is 37.7 Å². The van der Waals surface area contributed by atoms with Gasteiger partial charge >= 0.3 is 0 Å². The largest absolute Gasteiger partial charge is 0.493 e. The van der Waals surface area contributed by atoms with E-state index in [0.717, 1.165) is 11.3 Å². The summed E-state index contributed by atoms with van der Waals surface area (Å²) < 4.78 is 11.2. The van der Waals surface area contributed by atoms with Crippen LogP contribution in [0.4, 0.5) is 0 Å². The third-order valence-electron chi connectivity index (χ3n) is 3.35. The van der Waals surface area contributed by atoms with Crippen molar-refractivity contribution in [2.45, 2.75) is 33.6 Å². The molecule has 0 heterocycles. The van der Waals surface area contributed by atoms with E-state index in [9.17, 15) is 0 Å². The summed E-state index contributed by atoms with van der Waals surface area (Å²) in [7, 11) is 0. The van der Waals surface area contributed by atoms with Crippen molar-refractivity contribution in [3.63, 3.8) is 0 Å². The van der Waals surface area contributed by atoms with Gasteiger partial charge in [-0.05, 0) is 31.4 Å². The van der Waals surface area contributed by atoms with E-state index in [1.807, 2.05) is 32.9 Å². The second-order valence-corrected chi connectivity index (χ2v) is 5.54. The molecule has 0 aliphatic carbocycles. The molecule has 5 heteroatoms. The number of ether oxygens (including phenoxy) is 2. The molecule has 0 aliphatic heterocycles. The van der Waals surface area contributed by atoms with E-state index in [1.54, 1.807) is 0 Å². The highest BCUT2D eigenvalue weighted by atomic mass is 35.5. The zero-order valence-corrected chi connectivity index (χ0v) is 14.0. The Labute approximate surface area is 131 Å². The Hall–Kier alpha value is -1.00. The minimum Gasteiger partial charge on any atom is -0.493 e. The number of benzene rings is 1. The molecule has 20 heavy (non-hydrogen) atoms. The van der Waals surface area contributed by atoms with E-state index in [2.05, 4.69) is 6.92 Å². The normalized spacial score (nSPS) is 13.7. The molecule has 0 spiro atoms. The standard InChI is InChI=1S/C15H22ClNO2S/c1-5-18-13-8-14(19-6-2)12(16)7-11(13)9(3)10(4)15(17)20/h7-10H,5-6H2,1-4H3,(H2,17,20). The van der Waals surface area contributed by atoms with Gasteiger partial charge in [-0.25, -0.2) is 0 Å². The predicted molar refractivity (Wildman–Crippen MR) is 88.2 cm³/mol. The van der Waals surface area contributed by atoms with Gasteiger partial charge in [-0.3, -0.25) is 0 Å². The monoisotopic (exact) mass is 315 g/mol. The van der Waals surface area contributed by atoms with Crippen molar-refractivity contribution >= 4 is 28.8 Å². The van der Waals surface area contributed by atoms with Crippen molar-refractivity contribution in [3.8, 4) is 11.5 Å². The Morgan fingerprint density at radius 3 is 2.25 bits per heavy atom. The van der Waals surface area contributed by atoms with Crippen LogP contribution in [0.25, 0.3) is 0 Å². The van der Waals surface area contributed by atoms with Crippen LogP contribution in [-0.4, -0.2) is 18.2 Å². The predicted octanol–water partition coefficient (Wildman–Crippen LogP) is 4.16. The van der Waals surface area contributed by atoms with E-state index in [1.165, 1.54) is 0 Å². The number of hydrogen-bond donors (Lipinski definition) is 1. The first-order valence-corrected chi connectivity index (χ1v) is 7.59. The molecule has 1 rings (SSSR count). The summed E-state index contributed by atoms with van der Waals surface area (Å²) in [6.07, 6.45) is 0. The van der Waals surface area contributed by atoms with Crippen LogP contribution in [0.1, 0.15) is 39.2 Å². The zero-order chi connectivity index (χ0) is 15.3. The molecule has 0 saturated heterocycles. The van der Waals surface area contributed by atoms with Gasteiger partial charge in [0, 0.05) is 12.0 Å². The average molecular weight is 316 g/mol. The Morgan fingerprint density at radius 1 is 1.20 bits per heavy atom. The molecule has 0 radical (unpaired) electrons. The fourth-order valence-electron chi connectivity index (χ4n) is 1.97. The second kappa shape index (κ2) is 7.70. The lowest BCUT2D eigenvalue weighted by atomic mass is 9.88. The van der Waals surface area contributed by atoms with Crippen molar-refractivity contribution in [2.24, 2.45) is 11.7 Å². The number of rotatable bonds is 7. The molecular formula is C15H22ClNO2S. The molecule has 2 atom stereocenters. The summed E-state index contributed by atoms with van der Waals surface area (Å²) in [5.74, 6) is 1.60. The van der Waals surface area contributed by atoms with Gasteiger partial charge in [-0.2, -0.15) is 0 Å². The van der Waals surface area contributed by atoms with Gasteiger partial charge < -0.3 is 15.2 Å². The van der Waals surface area contributed by atoms with Gasteiger partial charge in [0.15, 0.2) is 0 Å². The summed E-state index contributed by atoms with van der Waals surface area (Å²) in [6, 6.07) is 3.73. The Morgan fingerprint density at radius 2 is 1.75 bits per heavy atom. The molecule has 1 aromatic carbocycles. The molecule has 3 nitrogen and oxygen atoms in total. The first-order chi connectivity index (χ1) is 9.42. The van der Waals surface area contributed by atoms with Crippen LogP contribution in [0.2, 0.25) is 5.02 Å². The molecule has 0 aliphatic rings. The van der Waals surface area contributed by atoms with Crippen molar-refractivity contribution in [1.82, 2.24) is 0 Å². The quantitative estimate of drug-likeness (QED) is 0.767. The summed E-state index contributed by atoms with van der Waals surface area (Å²) in [5, 5.41) is 0.576. The van der Waals surface area contributed by atoms with Gasteiger partial charge in [0.1, 0.15) is 11.5 Å². The van der Waals surface area contributed by atoms with Crippen LogP contribution in [0.5, 0.6) is 11.5 Å². The molecular weight excluding hydrogens is 294 g/mol. The summed E-state index contributed by atoms with van der Waals surface area (Å²) in [4.78, 5) is 0.491. The first kappa shape index (κ1) is 17.1. The van der Waals surface area contributed by atoms with E-state index < -0.39 is 0 Å². The van der Waals surface area contributed by atoms with Gasteiger partial charge in [0.25, 0.3) is 0 Å². The molecule has 112 valence electrons. The minimum atomic E-state index is 0.0678. The third kappa shape index (κ3) is 4.00. The maximum Gasteiger partial charge on any atom is 0.141 e. The third-order valence-corrected chi connectivity index (χ3v) is 4.02. The summed E-state index contributed by atoms with van der Waals surface area (Å²) >= 11 is 11.3. The summed E-state index contributed by atoms with van der Waals surface area (Å²) in [6.45, 7) is 9.08. The smallest absolute Gasteiger partial charge is 0.141 e. The lowest BCUT2D eigenvalue weighted by Gasteiger charge is -2.23. The van der Waals surface area contributed by atoms with Crippen molar-refractivity contribution in [2.75, 3.05) is 13.2 Å². The fourth-order valence-corrected chi connectivity index (χ4v) is 2.40. The minimum absolute atomic E-state index is 0.0678. The summed E-state index contributed by atoms with van der Waals surface area (Å²) in [5.41, 5.74) is 6.75. The molecule has 2 unspecified atom stereocenters. The highest BCUT2D eigenvalue weighted by Gasteiger charge is 2.22. The highest BCUT2D eigenvalue weighted by molar-refractivity contribution is 7.80. The fraction of sp³-hybridized carbons (Fsp3) is 0.533. The van der Waals surface area contributed by atoms with E-state index in [-0.39, 0.29) is 11.8 Å². The van der Waals surface area contributed by atoms with E-state index in [0.29, 0.717) is 29.0 Å². The Balaban J connectivity index is 3.23. The van der Waals surface area contributed by atoms with Crippen LogP contribution in [0.3, 0.4) is 0 Å². The molecule has 0 saturated carbocycles. The first-order valence-electron chi connectivity index (χ1n) is 6.80. The molecule has 0 fully saturated rings. The van der Waals surface area contributed by atoms with Crippen molar-refractivity contribution in [3.05, 3.63) is 22.7 Å². The maximum absolute atomic E-state index is 6.26. The van der Waals surface area contributed by atoms with Gasteiger partial charge in [-0.15, -0.1) is 0 Å². The zero-order valence-electron chi connectivity index (χ0n) is 12.4. The van der Waals surface area contributed by atoms with Crippen molar-refractivity contribution < 1.29 is 9.47 Å². The average Bonchev–Trinajstić information content (AvgIpc) is 2.41. The van der Waals surface area contributed by atoms with Crippen molar-refractivity contribution in [1.29, 1.82) is 0 Å². The highest BCUT2D eigenvalue weighted by Crippen LogP contribution is 2.39. The molecule has 0 bridgehead atoms. The van der Waals surface area contributed by atoms with Gasteiger partial charge in [0.2, 0.25) is 0 Å². The van der Waals surface area contributed by atoms with Crippen LogP contribution >= 0.6 is 23.8 Å². The molecule has 1 aromatic rings. The lowest BCUT2D eigenvalue weighted by Crippen LogP contribution is -2.23. The number of hydrogen-bond acceptors (Lipinski definition) is 3. The van der Waals surface area contributed by atoms with Crippen LogP contribution < -0.4 is 15.2 Å². The Kier molecular flexibility index (Phi) is 6.56. The van der Waals surface area contributed by atoms with E-state index >= 15 is 0 Å². The number of halogens is 1. The SMILES string of the molecule is CCOc1cc(OCC)c(C(C)C(C)C(N)=S)cc1Cl. The van der Waals surface area contributed by atoms with Crippen LogP contribution in [0.15, 0.2) is 12.1 Å². The van der Waals surface area contributed by atoms with Crippen LogP contribution in [0, 0.1) is 5.92 Å². The molecule has 0 aromatic heterocycles. The number of nitrogens with two attached hydrogens (primary N) is 1. The van der Waals surface area contributed by atoms with Crippen LogP contribution in [-0.2, 0) is 0 Å². The maximum atomic E-state index is 6.26. The second-order valence-electron chi connectivity index (χ2n) is 4.67. The Bertz CT molecular complexity index is 479. The lowest BCUT2D eigenvalue weighted by molar-refractivity contribution is 0.318.